The predicted octanol–water partition coefficient (Wildman–Crippen LogP) is 2.50. The Morgan fingerprint density at radius 2 is 1.88 bits per heavy atom. The van der Waals surface area contributed by atoms with Gasteiger partial charge >= 0.3 is 35.6 Å². The quantitative estimate of drug-likeness (QED) is 0.425. The zero-order valence-corrected chi connectivity index (χ0v) is 19.0. The van der Waals surface area contributed by atoms with Crippen LogP contribution in [0.4, 0.5) is 20.6 Å². The first-order valence-corrected chi connectivity index (χ1v) is 9.16. The van der Waals surface area contributed by atoms with Gasteiger partial charge in [0, 0.05) is 29.4 Å². The van der Waals surface area contributed by atoms with Gasteiger partial charge in [-0.05, 0) is 36.4 Å². The summed E-state index contributed by atoms with van der Waals surface area (Å²) in [6.45, 7) is 0. The van der Waals surface area contributed by atoms with Gasteiger partial charge in [-0.15, -0.1) is 0 Å². The van der Waals surface area contributed by atoms with E-state index in [1.807, 2.05) is 12.1 Å². The van der Waals surface area contributed by atoms with Gasteiger partial charge in [0.25, 0.3) is 0 Å². The van der Waals surface area contributed by atoms with Gasteiger partial charge in [-0.1, -0.05) is 18.2 Å². The van der Waals surface area contributed by atoms with Gasteiger partial charge in [-0.25, -0.2) is 9.18 Å². The number of benzene rings is 3. The van der Waals surface area contributed by atoms with Crippen molar-refractivity contribution in [3.05, 3.63) is 84.3 Å². The van der Waals surface area contributed by atoms with Crippen molar-refractivity contribution in [2.45, 2.75) is 0 Å². The molecule has 9 heteroatoms. The SMILES string of the molecule is N#Cc1cc2c(Oc3ccc(NC(=O)Nc4ccccc4)c(F)c3)ccnc2cc1O.[H-].[Na+]. The third kappa shape index (κ3) is 5.15. The molecule has 0 aliphatic heterocycles. The normalized spacial score (nSPS) is 10.0. The molecular weight excluding hydrogens is 422 g/mol. The van der Waals surface area contributed by atoms with Gasteiger partial charge in [0.2, 0.25) is 0 Å². The summed E-state index contributed by atoms with van der Waals surface area (Å²) in [7, 11) is 0. The third-order valence-corrected chi connectivity index (χ3v) is 4.39. The molecule has 4 rings (SSSR count). The predicted molar refractivity (Wildman–Crippen MR) is 115 cm³/mol. The number of nitrogens with one attached hydrogen (secondary N) is 2. The molecule has 4 aromatic rings. The maximum absolute atomic E-state index is 14.5. The largest absolute Gasteiger partial charge is 1.00 e. The zero-order chi connectivity index (χ0) is 21.8. The van der Waals surface area contributed by atoms with E-state index >= 15 is 0 Å². The first-order valence-electron chi connectivity index (χ1n) is 9.16. The van der Waals surface area contributed by atoms with Crippen LogP contribution < -0.4 is 44.9 Å². The first kappa shape index (κ1) is 23.0. The molecule has 154 valence electrons. The van der Waals surface area contributed by atoms with E-state index in [0.717, 1.165) is 6.07 Å². The fraction of sp³-hybridized carbons (Fsp3) is 0. The van der Waals surface area contributed by atoms with Crippen LogP contribution in [0.1, 0.15) is 6.99 Å². The van der Waals surface area contributed by atoms with Crippen LogP contribution in [-0.2, 0) is 0 Å². The van der Waals surface area contributed by atoms with Crippen molar-refractivity contribution in [2.75, 3.05) is 10.6 Å². The first-order chi connectivity index (χ1) is 15.0. The molecule has 0 fully saturated rings. The smallest absolute Gasteiger partial charge is 1.00 e. The Balaban J connectivity index is 0.00000193. The number of phenolic OH excluding ortho intramolecular Hbond substituents is 1. The van der Waals surface area contributed by atoms with E-state index < -0.39 is 11.8 Å². The van der Waals surface area contributed by atoms with E-state index in [1.165, 1.54) is 30.5 Å². The van der Waals surface area contributed by atoms with E-state index in [1.54, 1.807) is 30.3 Å². The van der Waals surface area contributed by atoms with Gasteiger partial charge in [0.1, 0.15) is 29.1 Å². The van der Waals surface area contributed by atoms with Crippen LogP contribution in [-0.4, -0.2) is 16.1 Å². The summed E-state index contributed by atoms with van der Waals surface area (Å²) in [6, 6.07) is 18.5. The molecule has 1 aromatic heterocycles. The van der Waals surface area contributed by atoms with Crippen LogP contribution in [0.15, 0.2) is 72.9 Å². The minimum atomic E-state index is -0.686. The van der Waals surface area contributed by atoms with Crippen LogP contribution in [0.3, 0.4) is 0 Å². The van der Waals surface area contributed by atoms with Crippen molar-refractivity contribution in [3.63, 3.8) is 0 Å². The number of hydrogen-bond acceptors (Lipinski definition) is 5. The van der Waals surface area contributed by atoms with Crippen molar-refractivity contribution >= 4 is 28.3 Å². The number of fused-ring (bicyclic) bond motifs is 1. The van der Waals surface area contributed by atoms with Gasteiger partial charge < -0.3 is 21.9 Å². The van der Waals surface area contributed by atoms with E-state index in [2.05, 4.69) is 15.6 Å². The number of rotatable bonds is 4. The molecule has 3 N–H and O–H groups in total. The van der Waals surface area contributed by atoms with Crippen molar-refractivity contribution in [2.24, 2.45) is 0 Å². The van der Waals surface area contributed by atoms with Crippen molar-refractivity contribution < 1.29 is 50.0 Å². The molecule has 0 aliphatic rings. The molecule has 0 bridgehead atoms. The maximum Gasteiger partial charge on any atom is 1.00 e. The molecule has 1 heterocycles. The molecule has 0 saturated heterocycles. The summed E-state index contributed by atoms with van der Waals surface area (Å²) in [4.78, 5) is 16.2. The summed E-state index contributed by atoms with van der Waals surface area (Å²) in [5.74, 6) is -0.349. The molecule has 0 spiro atoms. The number of ether oxygens (including phenoxy) is 1. The Kier molecular flexibility index (Phi) is 7.28. The fourth-order valence-corrected chi connectivity index (χ4v) is 2.93. The summed E-state index contributed by atoms with van der Waals surface area (Å²) in [5.41, 5.74) is 1.05. The van der Waals surface area contributed by atoms with E-state index in [-0.39, 0.29) is 53.7 Å². The van der Waals surface area contributed by atoms with E-state index in [4.69, 9.17) is 10.00 Å². The van der Waals surface area contributed by atoms with Crippen LogP contribution >= 0.6 is 0 Å². The minimum Gasteiger partial charge on any atom is -1.00 e. The minimum absolute atomic E-state index is 0. The van der Waals surface area contributed by atoms with Crippen molar-refractivity contribution in [3.8, 4) is 23.3 Å². The van der Waals surface area contributed by atoms with Crippen LogP contribution in [0, 0.1) is 17.1 Å². The summed E-state index contributed by atoms with van der Waals surface area (Å²) >= 11 is 0. The van der Waals surface area contributed by atoms with Crippen LogP contribution in [0.5, 0.6) is 17.2 Å². The fourth-order valence-electron chi connectivity index (χ4n) is 2.93. The standard InChI is InChI=1S/C23H15FN4O3.Na.H/c24-18-11-16(6-7-19(18)28-23(30)27-15-4-2-1-3-5-15)31-22-8-9-26-20-12-21(29)14(13-25)10-17(20)22;;/h1-12,29H,(H2,27,28,30);;/q;+1;-1. The Bertz CT molecular complexity index is 1330. The Labute approximate surface area is 206 Å². The second kappa shape index (κ2) is 10.1. The molecule has 0 saturated carbocycles. The number of pyridine rings is 1. The number of para-hydroxylation sites is 1. The Morgan fingerprint density at radius 3 is 2.59 bits per heavy atom. The second-order valence-corrected chi connectivity index (χ2v) is 6.50. The summed E-state index contributed by atoms with van der Waals surface area (Å²) in [6.07, 6.45) is 1.48. The van der Waals surface area contributed by atoms with Gasteiger partial charge in [0.05, 0.1) is 16.8 Å². The van der Waals surface area contributed by atoms with Crippen LogP contribution in [0.2, 0.25) is 0 Å². The molecule has 0 radical (unpaired) electrons. The number of carbonyl (C=O) groups is 1. The second-order valence-electron chi connectivity index (χ2n) is 6.50. The molecule has 32 heavy (non-hydrogen) atoms. The maximum atomic E-state index is 14.5. The Hall–Kier alpha value is -3.64. The number of nitrogens with zero attached hydrogens (tertiary/aromatic N) is 2. The van der Waals surface area contributed by atoms with Gasteiger partial charge in [-0.2, -0.15) is 5.26 Å². The topological polar surface area (TPSA) is 107 Å². The monoisotopic (exact) mass is 438 g/mol. The molecule has 7 nitrogen and oxygen atoms in total. The molecule has 0 unspecified atom stereocenters. The zero-order valence-electron chi connectivity index (χ0n) is 18.0. The van der Waals surface area contributed by atoms with E-state index in [0.29, 0.717) is 22.3 Å². The number of urea groups is 1. The number of anilines is 2. The summed E-state index contributed by atoms with van der Waals surface area (Å²) in [5, 5.41) is 24.5. The van der Waals surface area contributed by atoms with Crippen molar-refractivity contribution in [1.29, 1.82) is 5.26 Å². The van der Waals surface area contributed by atoms with E-state index in [9.17, 15) is 14.3 Å². The third-order valence-electron chi connectivity index (χ3n) is 4.39. The number of aromatic hydroxyl groups is 1. The number of aromatic nitrogens is 1. The molecule has 2 amide bonds. The number of phenols is 1. The number of amides is 2. The molecule has 0 atom stereocenters. The van der Waals surface area contributed by atoms with Gasteiger partial charge in [-0.3, -0.25) is 4.98 Å². The number of carbonyl (C=O) groups excluding carboxylic acids is 1. The summed E-state index contributed by atoms with van der Waals surface area (Å²) < 4.78 is 20.3. The Morgan fingerprint density at radius 1 is 1.09 bits per heavy atom. The number of nitriles is 1. The van der Waals surface area contributed by atoms with Crippen molar-refractivity contribution in [1.82, 2.24) is 4.98 Å². The molecule has 3 aromatic carbocycles. The number of halogens is 1. The molecular formula is C23H16FN4NaO3. The molecule has 0 aliphatic carbocycles. The average Bonchev–Trinajstić information content (AvgIpc) is 2.76. The van der Waals surface area contributed by atoms with Crippen LogP contribution in [0.25, 0.3) is 10.9 Å². The number of hydrogen-bond donors (Lipinski definition) is 3. The average molecular weight is 438 g/mol. The van der Waals surface area contributed by atoms with Gasteiger partial charge in [0.15, 0.2) is 0 Å².